The number of anilines is 1. The van der Waals surface area contributed by atoms with Gasteiger partial charge >= 0.3 is 0 Å². The molecule has 112 valence electrons. The molecule has 0 aliphatic rings. The smallest absolute Gasteiger partial charge is 0.149 e. The molecule has 2 aromatic rings. The number of hydrogen-bond donors (Lipinski definition) is 1. The fraction of sp³-hybridized carbons (Fsp3) is 0.200. The van der Waals surface area contributed by atoms with Crippen LogP contribution in [0.25, 0.3) is 0 Å². The van der Waals surface area contributed by atoms with Gasteiger partial charge in [-0.25, -0.2) is 8.78 Å². The first-order valence-electron chi connectivity index (χ1n) is 6.31. The van der Waals surface area contributed by atoms with Crippen LogP contribution in [-0.4, -0.2) is 6.61 Å². The molecule has 0 aliphatic carbocycles. The first-order chi connectivity index (χ1) is 10.0. The number of ether oxygens (including phenoxy) is 1. The predicted molar refractivity (Wildman–Crippen MR) is 86.7 cm³/mol. The first kappa shape index (κ1) is 16.2. The second kappa shape index (κ2) is 7.22. The Morgan fingerprint density at radius 3 is 2.19 bits per heavy atom. The molecular weight excluding hydrogens is 408 g/mol. The topological polar surface area (TPSA) is 21.3 Å². The Morgan fingerprint density at radius 1 is 1.10 bits per heavy atom. The van der Waals surface area contributed by atoms with Crippen LogP contribution in [0.5, 0.6) is 5.75 Å². The Labute approximate surface area is 138 Å². The highest BCUT2D eigenvalue weighted by atomic mass is 79.9. The van der Waals surface area contributed by atoms with Gasteiger partial charge in [-0.1, -0.05) is 6.07 Å². The standard InChI is InChI=1S/C15H13Br2F2NO/c1-2-21-15-10(16)6-9(7-11(15)17)8-20-14-12(18)4-3-5-13(14)19/h3-7,20H,2,8H2,1H3. The minimum absolute atomic E-state index is 0.126. The number of nitrogens with one attached hydrogen (secondary N) is 1. The van der Waals surface area contributed by atoms with Crippen LogP contribution in [0.2, 0.25) is 0 Å². The summed E-state index contributed by atoms with van der Waals surface area (Å²) in [7, 11) is 0. The molecule has 2 rings (SSSR count). The SMILES string of the molecule is CCOc1c(Br)cc(CNc2c(F)cccc2F)cc1Br. The van der Waals surface area contributed by atoms with E-state index in [1.54, 1.807) is 0 Å². The van der Waals surface area contributed by atoms with Crippen molar-refractivity contribution in [2.24, 2.45) is 0 Å². The minimum Gasteiger partial charge on any atom is -0.492 e. The summed E-state index contributed by atoms with van der Waals surface area (Å²) in [6.45, 7) is 2.74. The molecule has 2 nitrogen and oxygen atoms in total. The quantitative estimate of drug-likeness (QED) is 0.689. The van der Waals surface area contributed by atoms with Gasteiger partial charge in [0.25, 0.3) is 0 Å². The summed E-state index contributed by atoms with van der Waals surface area (Å²) >= 11 is 6.85. The third-order valence-electron chi connectivity index (χ3n) is 2.78. The van der Waals surface area contributed by atoms with Crippen LogP contribution >= 0.6 is 31.9 Å². The van der Waals surface area contributed by atoms with Crippen LogP contribution < -0.4 is 10.1 Å². The van der Waals surface area contributed by atoms with Gasteiger partial charge in [-0.15, -0.1) is 0 Å². The summed E-state index contributed by atoms with van der Waals surface area (Å²) in [6.07, 6.45) is 0. The van der Waals surface area contributed by atoms with Crippen LogP contribution in [0, 0.1) is 11.6 Å². The molecule has 0 radical (unpaired) electrons. The van der Waals surface area contributed by atoms with Gasteiger partial charge in [0.1, 0.15) is 23.1 Å². The third-order valence-corrected chi connectivity index (χ3v) is 3.96. The molecule has 0 atom stereocenters. The van der Waals surface area contributed by atoms with E-state index < -0.39 is 11.6 Å². The summed E-state index contributed by atoms with van der Waals surface area (Å²) in [6, 6.07) is 7.47. The molecule has 0 aromatic heterocycles. The van der Waals surface area contributed by atoms with Gasteiger partial charge in [0.05, 0.1) is 15.6 Å². The van der Waals surface area contributed by atoms with Crippen LogP contribution in [0.15, 0.2) is 39.3 Å². The second-order valence-corrected chi connectivity index (χ2v) is 5.98. The molecule has 2 aromatic carbocycles. The van der Waals surface area contributed by atoms with Gasteiger partial charge in [0, 0.05) is 6.54 Å². The lowest BCUT2D eigenvalue weighted by Gasteiger charge is -2.12. The van der Waals surface area contributed by atoms with E-state index >= 15 is 0 Å². The number of hydrogen-bond acceptors (Lipinski definition) is 2. The zero-order valence-electron chi connectivity index (χ0n) is 11.2. The Bertz CT molecular complexity index is 606. The Morgan fingerprint density at radius 2 is 1.67 bits per heavy atom. The molecule has 0 aliphatic heterocycles. The van der Waals surface area contributed by atoms with Crippen molar-refractivity contribution in [3.05, 3.63) is 56.5 Å². The summed E-state index contributed by atoms with van der Waals surface area (Å²) in [5, 5.41) is 2.77. The minimum atomic E-state index is -0.612. The van der Waals surface area contributed by atoms with Gasteiger partial charge in [-0.3, -0.25) is 0 Å². The van der Waals surface area contributed by atoms with Crippen LogP contribution in [-0.2, 0) is 6.54 Å². The molecule has 0 saturated carbocycles. The highest BCUT2D eigenvalue weighted by Gasteiger charge is 2.11. The molecular formula is C15H13Br2F2NO. The van der Waals surface area contributed by atoms with Crippen molar-refractivity contribution in [1.82, 2.24) is 0 Å². The molecule has 21 heavy (non-hydrogen) atoms. The van der Waals surface area contributed by atoms with E-state index in [1.165, 1.54) is 18.2 Å². The zero-order valence-corrected chi connectivity index (χ0v) is 14.4. The maximum absolute atomic E-state index is 13.5. The van der Waals surface area contributed by atoms with Crippen molar-refractivity contribution in [2.45, 2.75) is 13.5 Å². The maximum atomic E-state index is 13.5. The van der Waals surface area contributed by atoms with Crippen molar-refractivity contribution in [2.75, 3.05) is 11.9 Å². The average molecular weight is 421 g/mol. The normalized spacial score (nSPS) is 10.5. The van der Waals surface area contributed by atoms with Gasteiger partial charge in [0.15, 0.2) is 0 Å². The molecule has 0 spiro atoms. The number of rotatable bonds is 5. The molecule has 0 bridgehead atoms. The van der Waals surface area contributed by atoms with E-state index in [-0.39, 0.29) is 5.69 Å². The van der Waals surface area contributed by atoms with Crippen molar-refractivity contribution in [3.63, 3.8) is 0 Å². The Hall–Kier alpha value is -1.14. The van der Waals surface area contributed by atoms with Crippen LogP contribution in [0.1, 0.15) is 12.5 Å². The Balaban J connectivity index is 2.17. The fourth-order valence-electron chi connectivity index (χ4n) is 1.85. The third kappa shape index (κ3) is 3.95. The van der Waals surface area contributed by atoms with Gasteiger partial charge in [0.2, 0.25) is 0 Å². The monoisotopic (exact) mass is 419 g/mol. The predicted octanol–water partition coefficient (Wildman–Crippen LogP) is 5.50. The van der Waals surface area contributed by atoms with E-state index in [2.05, 4.69) is 37.2 Å². The molecule has 0 unspecified atom stereocenters. The van der Waals surface area contributed by atoms with Gasteiger partial charge < -0.3 is 10.1 Å². The second-order valence-electron chi connectivity index (χ2n) is 4.27. The number of halogens is 4. The lowest BCUT2D eigenvalue weighted by molar-refractivity contribution is 0.336. The number of benzene rings is 2. The average Bonchev–Trinajstić information content (AvgIpc) is 2.42. The van der Waals surface area contributed by atoms with Crippen molar-refractivity contribution in [1.29, 1.82) is 0 Å². The largest absolute Gasteiger partial charge is 0.492 e. The molecule has 0 amide bonds. The van der Waals surface area contributed by atoms with Crippen LogP contribution in [0.4, 0.5) is 14.5 Å². The van der Waals surface area contributed by atoms with E-state index in [1.807, 2.05) is 19.1 Å². The summed E-state index contributed by atoms with van der Waals surface area (Å²) in [5.74, 6) is -0.517. The van der Waals surface area contributed by atoms with Gasteiger partial charge in [-0.2, -0.15) is 0 Å². The van der Waals surface area contributed by atoms with Gasteiger partial charge in [-0.05, 0) is 68.6 Å². The highest BCUT2D eigenvalue weighted by Crippen LogP contribution is 2.35. The Kier molecular flexibility index (Phi) is 5.58. The lowest BCUT2D eigenvalue weighted by Crippen LogP contribution is -2.04. The van der Waals surface area contributed by atoms with E-state index in [0.717, 1.165) is 14.5 Å². The molecule has 0 saturated heterocycles. The lowest BCUT2D eigenvalue weighted by atomic mass is 10.2. The molecule has 0 heterocycles. The van der Waals surface area contributed by atoms with E-state index in [0.29, 0.717) is 18.9 Å². The number of para-hydroxylation sites is 1. The van der Waals surface area contributed by atoms with Crippen molar-refractivity contribution >= 4 is 37.5 Å². The molecule has 6 heteroatoms. The molecule has 1 N–H and O–H groups in total. The summed E-state index contributed by atoms with van der Waals surface area (Å²) in [5.41, 5.74) is 0.735. The molecule has 0 fully saturated rings. The first-order valence-corrected chi connectivity index (χ1v) is 7.90. The zero-order chi connectivity index (χ0) is 15.4. The summed E-state index contributed by atoms with van der Waals surface area (Å²) < 4.78 is 34.1. The van der Waals surface area contributed by atoms with E-state index in [9.17, 15) is 8.78 Å². The van der Waals surface area contributed by atoms with Crippen molar-refractivity contribution in [3.8, 4) is 5.75 Å². The highest BCUT2D eigenvalue weighted by molar-refractivity contribution is 9.11. The maximum Gasteiger partial charge on any atom is 0.149 e. The van der Waals surface area contributed by atoms with Crippen LogP contribution in [0.3, 0.4) is 0 Å². The fourth-order valence-corrected chi connectivity index (χ4v) is 3.36. The van der Waals surface area contributed by atoms with Crippen molar-refractivity contribution < 1.29 is 13.5 Å². The summed E-state index contributed by atoms with van der Waals surface area (Å²) in [4.78, 5) is 0. The van der Waals surface area contributed by atoms with E-state index in [4.69, 9.17) is 4.74 Å².